The van der Waals surface area contributed by atoms with Crippen LogP contribution in [0.25, 0.3) is 0 Å². The molecule has 0 amide bonds. The van der Waals surface area contributed by atoms with Crippen LogP contribution in [0.2, 0.25) is 0 Å². The second-order valence-corrected chi connectivity index (χ2v) is 6.51. The zero-order valence-corrected chi connectivity index (χ0v) is 12.2. The van der Waals surface area contributed by atoms with E-state index in [1.807, 2.05) is 24.8 Å². The molecule has 2 rings (SSSR count). The number of hydrogen-bond acceptors (Lipinski definition) is 4. The van der Waals surface area contributed by atoms with Gasteiger partial charge in [0, 0.05) is 29.1 Å². The smallest absolute Gasteiger partial charge is 0.271 e. The largest absolute Gasteiger partial charge is 0.381 e. The van der Waals surface area contributed by atoms with Crippen LogP contribution in [0.1, 0.15) is 31.7 Å². The van der Waals surface area contributed by atoms with Crippen LogP contribution >= 0.6 is 11.8 Å². The standard InChI is InChI=1S/C14H20N2O2S/c1-3-19-14-6-4-5-13(14)15-11-7-10(2)8-12(9-11)16(17)18/h7-9,13-15H,3-6H2,1-2H3. The minimum atomic E-state index is -0.328. The highest BCUT2D eigenvalue weighted by molar-refractivity contribution is 7.99. The molecule has 1 N–H and O–H groups in total. The van der Waals surface area contributed by atoms with Gasteiger partial charge in [-0.1, -0.05) is 13.3 Å². The first-order chi connectivity index (χ1) is 9.10. The maximum Gasteiger partial charge on any atom is 0.271 e. The Bertz CT molecular complexity index is 465. The van der Waals surface area contributed by atoms with Crippen molar-refractivity contribution < 1.29 is 4.92 Å². The Labute approximate surface area is 118 Å². The number of benzene rings is 1. The number of nitro benzene ring substituents is 1. The van der Waals surface area contributed by atoms with Gasteiger partial charge in [-0.15, -0.1) is 0 Å². The van der Waals surface area contributed by atoms with Crippen LogP contribution in [0, 0.1) is 17.0 Å². The molecule has 19 heavy (non-hydrogen) atoms. The second-order valence-electron chi connectivity index (χ2n) is 4.99. The minimum absolute atomic E-state index is 0.167. The van der Waals surface area contributed by atoms with Crippen LogP contribution in [0.5, 0.6) is 0 Å². The molecule has 0 aromatic heterocycles. The van der Waals surface area contributed by atoms with Crippen LogP contribution in [0.3, 0.4) is 0 Å². The Kier molecular flexibility index (Phi) is 4.69. The predicted octanol–water partition coefficient (Wildman–Crippen LogP) is 3.99. The maximum absolute atomic E-state index is 10.9. The number of nitro groups is 1. The van der Waals surface area contributed by atoms with Gasteiger partial charge in [-0.3, -0.25) is 10.1 Å². The van der Waals surface area contributed by atoms with Crippen LogP contribution in [-0.4, -0.2) is 22.0 Å². The molecule has 104 valence electrons. The van der Waals surface area contributed by atoms with Gasteiger partial charge in [0.25, 0.3) is 5.69 Å². The molecule has 2 atom stereocenters. The SMILES string of the molecule is CCSC1CCCC1Nc1cc(C)cc([N+](=O)[O-])c1. The van der Waals surface area contributed by atoms with Gasteiger partial charge in [-0.05, 0) is 37.1 Å². The fraction of sp³-hybridized carbons (Fsp3) is 0.571. The predicted molar refractivity (Wildman–Crippen MR) is 81.0 cm³/mol. The first-order valence-electron chi connectivity index (χ1n) is 6.74. The number of hydrogen-bond donors (Lipinski definition) is 1. The highest BCUT2D eigenvalue weighted by atomic mass is 32.2. The summed E-state index contributed by atoms with van der Waals surface area (Å²) in [6, 6.07) is 5.67. The fourth-order valence-electron chi connectivity index (χ4n) is 2.67. The van der Waals surface area contributed by atoms with Crippen molar-refractivity contribution in [2.45, 2.75) is 44.4 Å². The quantitative estimate of drug-likeness (QED) is 0.654. The lowest BCUT2D eigenvalue weighted by molar-refractivity contribution is -0.384. The van der Waals surface area contributed by atoms with Crippen molar-refractivity contribution >= 4 is 23.1 Å². The summed E-state index contributed by atoms with van der Waals surface area (Å²) in [7, 11) is 0. The van der Waals surface area contributed by atoms with E-state index in [-0.39, 0.29) is 10.6 Å². The molecule has 1 aromatic carbocycles. The third-order valence-electron chi connectivity index (χ3n) is 3.46. The Balaban J connectivity index is 2.12. The van der Waals surface area contributed by atoms with Gasteiger partial charge in [0.05, 0.1) is 4.92 Å². The molecule has 0 aliphatic heterocycles. The molecule has 0 bridgehead atoms. The Hall–Kier alpha value is -1.23. The van der Waals surface area contributed by atoms with E-state index in [0.29, 0.717) is 11.3 Å². The third-order valence-corrected chi connectivity index (χ3v) is 4.78. The lowest BCUT2D eigenvalue weighted by atomic mass is 10.1. The summed E-state index contributed by atoms with van der Waals surface area (Å²) in [4.78, 5) is 10.6. The number of anilines is 1. The first kappa shape index (κ1) is 14.2. The molecule has 1 aromatic rings. The molecule has 1 aliphatic carbocycles. The van der Waals surface area contributed by atoms with Crippen molar-refractivity contribution in [3.05, 3.63) is 33.9 Å². The van der Waals surface area contributed by atoms with Crippen LogP contribution in [-0.2, 0) is 0 Å². The highest BCUT2D eigenvalue weighted by Gasteiger charge is 2.27. The summed E-state index contributed by atoms with van der Waals surface area (Å²) in [6.45, 7) is 4.07. The van der Waals surface area contributed by atoms with E-state index in [2.05, 4.69) is 12.2 Å². The number of rotatable bonds is 5. The van der Waals surface area contributed by atoms with Crippen molar-refractivity contribution in [1.82, 2.24) is 0 Å². The third kappa shape index (κ3) is 3.62. The zero-order chi connectivity index (χ0) is 13.8. The maximum atomic E-state index is 10.9. The van der Waals surface area contributed by atoms with Gasteiger partial charge in [-0.2, -0.15) is 11.8 Å². The van der Waals surface area contributed by atoms with Gasteiger partial charge >= 0.3 is 0 Å². The molecule has 1 saturated carbocycles. The molecule has 0 saturated heterocycles. The van der Waals surface area contributed by atoms with Crippen molar-refractivity contribution in [2.24, 2.45) is 0 Å². The highest BCUT2D eigenvalue weighted by Crippen LogP contribution is 2.33. The number of nitrogens with zero attached hydrogens (tertiary/aromatic N) is 1. The number of non-ortho nitro benzene ring substituents is 1. The molecular weight excluding hydrogens is 260 g/mol. The molecule has 4 nitrogen and oxygen atoms in total. The Morgan fingerprint density at radius 3 is 2.89 bits per heavy atom. The molecule has 5 heteroatoms. The van der Waals surface area contributed by atoms with Crippen molar-refractivity contribution in [3.8, 4) is 0 Å². The van der Waals surface area contributed by atoms with Gasteiger partial charge in [0.2, 0.25) is 0 Å². The van der Waals surface area contributed by atoms with Crippen LogP contribution < -0.4 is 5.32 Å². The van der Waals surface area contributed by atoms with E-state index >= 15 is 0 Å². The lowest BCUT2D eigenvalue weighted by Crippen LogP contribution is -2.26. The topological polar surface area (TPSA) is 55.2 Å². The summed E-state index contributed by atoms with van der Waals surface area (Å²) in [6.07, 6.45) is 3.63. The molecule has 2 unspecified atom stereocenters. The summed E-state index contributed by atoms with van der Waals surface area (Å²) >= 11 is 1.98. The number of aryl methyl sites for hydroxylation is 1. The minimum Gasteiger partial charge on any atom is -0.381 e. The molecule has 0 heterocycles. The number of thioether (sulfide) groups is 1. The first-order valence-corrected chi connectivity index (χ1v) is 7.79. The summed E-state index contributed by atoms with van der Waals surface area (Å²) in [5.41, 5.74) is 1.97. The Morgan fingerprint density at radius 1 is 1.42 bits per heavy atom. The lowest BCUT2D eigenvalue weighted by Gasteiger charge is -2.21. The van der Waals surface area contributed by atoms with E-state index in [1.165, 1.54) is 12.8 Å². The van der Waals surface area contributed by atoms with Gasteiger partial charge < -0.3 is 5.32 Å². The molecule has 0 radical (unpaired) electrons. The van der Waals surface area contributed by atoms with E-state index in [9.17, 15) is 10.1 Å². The van der Waals surface area contributed by atoms with Crippen molar-refractivity contribution in [2.75, 3.05) is 11.1 Å². The van der Waals surface area contributed by atoms with Gasteiger partial charge in [0.1, 0.15) is 0 Å². The molecule has 1 aliphatic rings. The zero-order valence-electron chi connectivity index (χ0n) is 11.4. The van der Waals surface area contributed by atoms with Crippen LogP contribution in [0.4, 0.5) is 11.4 Å². The second kappa shape index (κ2) is 6.28. The van der Waals surface area contributed by atoms with E-state index in [0.717, 1.165) is 23.4 Å². The van der Waals surface area contributed by atoms with Crippen molar-refractivity contribution in [1.29, 1.82) is 0 Å². The average Bonchev–Trinajstić information content (AvgIpc) is 2.76. The fourth-order valence-corrected chi connectivity index (χ4v) is 3.87. The molecular formula is C14H20N2O2S. The molecule has 1 fully saturated rings. The van der Waals surface area contributed by atoms with Gasteiger partial charge in [-0.25, -0.2) is 0 Å². The molecule has 0 spiro atoms. The summed E-state index contributed by atoms with van der Waals surface area (Å²) in [5, 5.41) is 15.0. The number of nitrogens with one attached hydrogen (secondary N) is 1. The van der Waals surface area contributed by atoms with E-state index in [4.69, 9.17) is 0 Å². The monoisotopic (exact) mass is 280 g/mol. The van der Waals surface area contributed by atoms with E-state index in [1.54, 1.807) is 12.1 Å². The normalized spacial score (nSPS) is 22.4. The van der Waals surface area contributed by atoms with E-state index < -0.39 is 0 Å². The van der Waals surface area contributed by atoms with Gasteiger partial charge in [0.15, 0.2) is 0 Å². The van der Waals surface area contributed by atoms with Crippen LogP contribution in [0.15, 0.2) is 18.2 Å². The average molecular weight is 280 g/mol. The summed E-state index contributed by atoms with van der Waals surface area (Å²) in [5.74, 6) is 1.12. The summed E-state index contributed by atoms with van der Waals surface area (Å²) < 4.78 is 0. The Morgan fingerprint density at radius 2 is 2.21 bits per heavy atom. The van der Waals surface area contributed by atoms with Crippen molar-refractivity contribution in [3.63, 3.8) is 0 Å².